The average Bonchev–Trinajstić information content (AvgIpc) is 2.92. The molecule has 1 aromatic carbocycles. The van der Waals surface area contributed by atoms with Gasteiger partial charge in [0.05, 0.1) is 17.3 Å². The van der Waals surface area contributed by atoms with Gasteiger partial charge in [-0.25, -0.2) is 0 Å². The molecule has 20 heavy (non-hydrogen) atoms. The van der Waals surface area contributed by atoms with E-state index in [0.717, 1.165) is 15.9 Å². The Balaban J connectivity index is 1.59. The van der Waals surface area contributed by atoms with Crippen molar-refractivity contribution in [3.63, 3.8) is 0 Å². The highest BCUT2D eigenvalue weighted by Gasteiger charge is 2.10. The van der Waals surface area contributed by atoms with E-state index < -0.39 is 0 Å². The highest BCUT2D eigenvalue weighted by Crippen LogP contribution is 2.23. The lowest BCUT2D eigenvalue weighted by Gasteiger charge is -2.28. The summed E-state index contributed by atoms with van der Waals surface area (Å²) in [6.45, 7) is 3.06. The molecule has 0 unspecified atom stereocenters. The number of hydrogen-bond acceptors (Lipinski definition) is 3. The summed E-state index contributed by atoms with van der Waals surface area (Å²) in [5.74, 6) is 0.921. The van der Waals surface area contributed by atoms with E-state index in [9.17, 15) is 0 Å². The second-order valence-electron chi connectivity index (χ2n) is 5.14. The summed E-state index contributed by atoms with van der Waals surface area (Å²) >= 11 is 3.46. The molecule has 1 aromatic heterocycles. The zero-order valence-electron chi connectivity index (χ0n) is 11.4. The van der Waals surface area contributed by atoms with Crippen LogP contribution in [-0.4, -0.2) is 13.1 Å². The number of rotatable bonds is 4. The summed E-state index contributed by atoms with van der Waals surface area (Å²) in [4.78, 5) is 2.47. The van der Waals surface area contributed by atoms with Crippen LogP contribution in [0.25, 0.3) is 0 Å². The van der Waals surface area contributed by atoms with E-state index in [1.165, 1.54) is 38.0 Å². The van der Waals surface area contributed by atoms with Crippen LogP contribution < -0.4 is 10.2 Å². The molecule has 1 aliphatic rings. The lowest BCUT2D eigenvalue weighted by Crippen LogP contribution is -2.29. The first-order valence-electron chi connectivity index (χ1n) is 7.14. The number of piperidine rings is 1. The molecule has 4 heteroatoms. The zero-order chi connectivity index (χ0) is 13.8. The van der Waals surface area contributed by atoms with Crippen LogP contribution in [0.15, 0.2) is 45.5 Å². The first kappa shape index (κ1) is 13.6. The summed E-state index contributed by atoms with van der Waals surface area (Å²) in [5, 5.41) is 3.38. The van der Waals surface area contributed by atoms with E-state index in [1.54, 1.807) is 6.26 Å². The molecule has 0 bridgehead atoms. The third-order valence-electron chi connectivity index (χ3n) is 3.73. The van der Waals surface area contributed by atoms with E-state index in [-0.39, 0.29) is 0 Å². The number of nitrogens with one attached hydrogen (secondary N) is 1. The van der Waals surface area contributed by atoms with Crippen molar-refractivity contribution in [1.82, 2.24) is 0 Å². The van der Waals surface area contributed by atoms with Gasteiger partial charge in [0, 0.05) is 24.5 Å². The predicted octanol–water partition coefficient (Wildman–Crippen LogP) is 4.64. The number of anilines is 2. The standard InChI is InChI=1S/C16H19BrN2O/c17-15-8-11-20-16(15)12-18-13-4-6-14(7-5-13)19-9-2-1-3-10-19/h4-8,11,18H,1-3,9-10,12H2. The summed E-state index contributed by atoms with van der Waals surface area (Å²) in [6.07, 6.45) is 5.69. The molecule has 0 spiro atoms. The first-order chi connectivity index (χ1) is 9.83. The third kappa shape index (κ3) is 3.18. The van der Waals surface area contributed by atoms with Crippen LogP contribution in [0, 0.1) is 0 Å². The van der Waals surface area contributed by atoms with Crippen LogP contribution in [0.5, 0.6) is 0 Å². The number of hydrogen-bond donors (Lipinski definition) is 1. The first-order valence-corrected chi connectivity index (χ1v) is 7.93. The Bertz CT molecular complexity index is 544. The maximum absolute atomic E-state index is 5.39. The van der Waals surface area contributed by atoms with Crippen LogP contribution in [0.4, 0.5) is 11.4 Å². The fourth-order valence-electron chi connectivity index (χ4n) is 2.58. The fraction of sp³-hybridized carbons (Fsp3) is 0.375. The van der Waals surface area contributed by atoms with Crippen LogP contribution in [0.3, 0.4) is 0 Å². The molecule has 1 aliphatic heterocycles. The molecule has 1 N–H and O–H groups in total. The van der Waals surface area contributed by atoms with E-state index in [4.69, 9.17) is 4.42 Å². The molecule has 3 nitrogen and oxygen atoms in total. The number of benzene rings is 1. The Hall–Kier alpha value is -1.42. The van der Waals surface area contributed by atoms with Gasteiger partial charge in [-0.05, 0) is 65.5 Å². The van der Waals surface area contributed by atoms with Crippen LogP contribution >= 0.6 is 15.9 Å². The van der Waals surface area contributed by atoms with Crippen molar-refractivity contribution in [3.8, 4) is 0 Å². The van der Waals surface area contributed by atoms with E-state index in [0.29, 0.717) is 6.54 Å². The molecule has 0 aliphatic carbocycles. The molecular weight excluding hydrogens is 316 g/mol. The van der Waals surface area contributed by atoms with Gasteiger partial charge in [0.15, 0.2) is 0 Å². The molecule has 1 fully saturated rings. The largest absolute Gasteiger partial charge is 0.466 e. The van der Waals surface area contributed by atoms with E-state index in [1.807, 2.05) is 6.07 Å². The molecule has 3 rings (SSSR count). The molecule has 0 atom stereocenters. The average molecular weight is 335 g/mol. The smallest absolute Gasteiger partial charge is 0.136 e. The Morgan fingerprint density at radius 1 is 1.05 bits per heavy atom. The van der Waals surface area contributed by atoms with Gasteiger partial charge in [-0.1, -0.05) is 0 Å². The van der Waals surface area contributed by atoms with Gasteiger partial charge in [0.1, 0.15) is 5.76 Å². The third-order valence-corrected chi connectivity index (χ3v) is 4.44. The van der Waals surface area contributed by atoms with E-state index >= 15 is 0 Å². The van der Waals surface area contributed by atoms with Crippen molar-refractivity contribution in [2.24, 2.45) is 0 Å². The van der Waals surface area contributed by atoms with Gasteiger partial charge in [0.25, 0.3) is 0 Å². The molecule has 2 aromatic rings. The maximum Gasteiger partial charge on any atom is 0.136 e. The molecule has 0 saturated carbocycles. The van der Waals surface area contributed by atoms with Gasteiger partial charge in [-0.15, -0.1) is 0 Å². The highest BCUT2D eigenvalue weighted by atomic mass is 79.9. The van der Waals surface area contributed by atoms with Crippen LogP contribution in [-0.2, 0) is 6.54 Å². The van der Waals surface area contributed by atoms with Crippen molar-refractivity contribution in [1.29, 1.82) is 0 Å². The highest BCUT2D eigenvalue weighted by molar-refractivity contribution is 9.10. The monoisotopic (exact) mass is 334 g/mol. The van der Waals surface area contributed by atoms with Crippen LogP contribution in [0.2, 0.25) is 0 Å². The van der Waals surface area contributed by atoms with Crippen molar-refractivity contribution < 1.29 is 4.42 Å². The topological polar surface area (TPSA) is 28.4 Å². The number of furan rings is 1. The molecule has 0 radical (unpaired) electrons. The van der Waals surface area contributed by atoms with Crippen molar-refractivity contribution in [3.05, 3.63) is 46.8 Å². The van der Waals surface area contributed by atoms with Gasteiger partial charge < -0.3 is 14.6 Å². The lowest BCUT2D eigenvalue weighted by molar-refractivity contribution is 0.516. The second-order valence-corrected chi connectivity index (χ2v) is 5.99. The minimum atomic E-state index is 0.691. The fourth-order valence-corrected chi connectivity index (χ4v) is 2.92. The quantitative estimate of drug-likeness (QED) is 0.882. The Morgan fingerprint density at radius 3 is 2.45 bits per heavy atom. The number of halogens is 1. The van der Waals surface area contributed by atoms with Crippen molar-refractivity contribution in [2.75, 3.05) is 23.3 Å². The summed E-state index contributed by atoms with van der Waals surface area (Å²) in [6, 6.07) is 10.6. The SMILES string of the molecule is Brc1ccoc1CNc1ccc(N2CCCCC2)cc1. The molecular formula is C16H19BrN2O. The lowest BCUT2D eigenvalue weighted by atomic mass is 10.1. The Morgan fingerprint density at radius 2 is 1.80 bits per heavy atom. The van der Waals surface area contributed by atoms with Crippen LogP contribution in [0.1, 0.15) is 25.0 Å². The van der Waals surface area contributed by atoms with E-state index in [2.05, 4.69) is 50.4 Å². The summed E-state index contributed by atoms with van der Waals surface area (Å²) < 4.78 is 6.40. The zero-order valence-corrected chi connectivity index (χ0v) is 13.0. The molecule has 1 saturated heterocycles. The minimum Gasteiger partial charge on any atom is -0.466 e. The normalized spacial score (nSPS) is 15.3. The van der Waals surface area contributed by atoms with Gasteiger partial charge in [-0.2, -0.15) is 0 Å². The second kappa shape index (κ2) is 6.35. The molecule has 0 amide bonds. The maximum atomic E-state index is 5.39. The van der Waals surface area contributed by atoms with Gasteiger partial charge in [0.2, 0.25) is 0 Å². The summed E-state index contributed by atoms with van der Waals surface area (Å²) in [5.41, 5.74) is 2.45. The summed E-state index contributed by atoms with van der Waals surface area (Å²) in [7, 11) is 0. The van der Waals surface area contributed by atoms with Crippen molar-refractivity contribution in [2.45, 2.75) is 25.8 Å². The number of nitrogens with zero attached hydrogens (tertiary/aromatic N) is 1. The Kier molecular flexibility index (Phi) is 4.31. The molecule has 106 valence electrons. The molecule has 2 heterocycles. The predicted molar refractivity (Wildman–Crippen MR) is 86.2 cm³/mol. The van der Waals surface area contributed by atoms with Gasteiger partial charge in [-0.3, -0.25) is 0 Å². The van der Waals surface area contributed by atoms with Gasteiger partial charge >= 0.3 is 0 Å². The Labute approximate surface area is 128 Å². The van der Waals surface area contributed by atoms with Crippen molar-refractivity contribution >= 4 is 27.3 Å². The minimum absolute atomic E-state index is 0.691.